The van der Waals surface area contributed by atoms with E-state index in [0.717, 1.165) is 17.7 Å². The predicted molar refractivity (Wildman–Crippen MR) is 87.7 cm³/mol. The number of hydrogen-bond donors (Lipinski definition) is 0. The number of carbonyl (C=O) groups excluding carboxylic acids is 1. The molecule has 0 N–H and O–H groups in total. The quantitative estimate of drug-likeness (QED) is 0.591. The van der Waals surface area contributed by atoms with E-state index < -0.39 is 0 Å². The molecule has 0 atom stereocenters. The SMILES string of the molecule is CCc1ccc(OCc2c(Cl)cccc2OC(C)=O)c(C)c1. The summed E-state index contributed by atoms with van der Waals surface area (Å²) in [6.45, 7) is 5.73. The zero-order valence-corrected chi connectivity index (χ0v) is 13.7. The lowest BCUT2D eigenvalue weighted by molar-refractivity contribution is -0.131. The van der Waals surface area contributed by atoms with Gasteiger partial charge in [0.15, 0.2) is 0 Å². The molecule has 0 aliphatic rings. The Bertz CT molecular complexity index is 680. The third-order valence-corrected chi connectivity index (χ3v) is 3.70. The minimum atomic E-state index is -0.382. The number of carbonyl (C=O) groups is 1. The van der Waals surface area contributed by atoms with E-state index in [1.807, 2.05) is 19.1 Å². The van der Waals surface area contributed by atoms with E-state index in [1.165, 1.54) is 12.5 Å². The van der Waals surface area contributed by atoms with Crippen LogP contribution < -0.4 is 9.47 Å². The van der Waals surface area contributed by atoms with Crippen LogP contribution >= 0.6 is 11.6 Å². The molecule has 0 saturated heterocycles. The summed E-state index contributed by atoms with van der Waals surface area (Å²) in [5, 5.41) is 0.515. The van der Waals surface area contributed by atoms with E-state index in [2.05, 4.69) is 13.0 Å². The number of halogens is 1. The van der Waals surface area contributed by atoms with E-state index in [4.69, 9.17) is 21.1 Å². The first-order valence-corrected chi connectivity index (χ1v) is 7.57. The molecule has 0 amide bonds. The van der Waals surface area contributed by atoms with Gasteiger partial charge in [0, 0.05) is 6.92 Å². The fraction of sp³-hybridized carbons (Fsp3) is 0.278. The molecular formula is C18H19ClO3. The molecule has 0 radical (unpaired) electrons. The monoisotopic (exact) mass is 318 g/mol. The molecule has 0 aliphatic heterocycles. The average molecular weight is 319 g/mol. The molecule has 0 saturated carbocycles. The van der Waals surface area contributed by atoms with E-state index in [-0.39, 0.29) is 12.6 Å². The summed E-state index contributed by atoms with van der Waals surface area (Å²) >= 11 is 6.20. The van der Waals surface area contributed by atoms with E-state index >= 15 is 0 Å². The van der Waals surface area contributed by atoms with Gasteiger partial charge in [0.2, 0.25) is 0 Å². The minimum absolute atomic E-state index is 0.245. The molecule has 0 unspecified atom stereocenters. The summed E-state index contributed by atoms with van der Waals surface area (Å²) in [5.41, 5.74) is 3.00. The van der Waals surface area contributed by atoms with Crippen molar-refractivity contribution < 1.29 is 14.3 Å². The molecule has 22 heavy (non-hydrogen) atoms. The van der Waals surface area contributed by atoms with Gasteiger partial charge in [0.25, 0.3) is 0 Å². The normalized spacial score (nSPS) is 10.4. The van der Waals surface area contributed by atoms with E-state index in [1.54, 1.807) is 18.2 Å². The first kappa shape index (κ1) is 16.4. The Morgan fingerprint density at radius 1 is 1.18 bits per heavy atom. The summed E-state index contributed by atoms with van der Waals surface area (Å²) in [4.78, 5) is 11.2. The second-order valence-corrected chi connectivity index (χ2v) is 5.46. The largest absolute Gasteiger partial charge is 0.488 e. The Balaban J connectivity index is 2.19. The average Bonchev–Trinajstić information content (AvgIpc) is 2.47. The van der Waals surface area contributed by atoms with Crippen molar-refractivity contribution in [2.24, 2.45) is 0 Å². The molecule has 2 aromatic rings. The molecule has 2 rings (SSSR count). The predicted octanol–water partition coefficient (Wildman–Crippen LogP) is 4.72. The van der Waals surface area contributed by atoms with Gasteiger partial charge in [-0.2, -0.15) is 0 Å². The first-order valence-electron chi connectivity index (χ1n) is 7.19. The molecule has 0 spiro atoms. The van der Waals surface area contributed by atoms with Gasteiger partial charge in [-0.1, -0.05) is 36.7 Å². The second-order valence-electron chi connectivity index (χ2n) is 5.05. The molecule has 0 fully saturated rings. The number of benzene rings is 2. The Kier molecular flexibility index (Phi) is 5.45. The van der Waals surface area contributed by atoms with Gasteiger partial charge in [0.1, 0.15) is 18.1 Å². The van der Waals surface area contributed by atoms with Crippen LogP contribution in [0.25, 0.3) is 0 Å². The Labute approximate surface area is 135 Å². The molecule has 0 heterocycles. The molecule has 0 bridgehead atoms. The van der Waals surface area contributed by atoms with Crippen molar-refractivity contribution in [1.82, 2.24) is 0 Å². The molecule has 0 aromatic heterocycles. The number of hydrogen-bond acceptors (Lipinski definition) is 3. The number of aryl methyl sites for hydroxylation is 2. The van der Waals surface area contributed by atoms with Crippen molar-refractivity contribution in [3.05, 3.63) is 58.1 Å². The van der Waals surface area contributed by atoms with E-state index in [9.17, 15) is 4.79 Å². The zero-order chi connectivity index (χ0) is 16.1. The third kappa shape index (κ3) is 4.01. The maximum atomic E-state index is 11.2. The summed E-state index contributed by atoms with van der Waals surface area (Å²) in [5.74, 6) is 0.848. The second kappa shape index (κ2) is 7.32. The highest BCUT2D eigenvalue weighted by atomic mass is 35.5. The highest BCUT2D eigenvalue weighted by molar-refractivity contribution is 6.31. The number of rotatable bonds is 5. The molecule has 116 valence electrons. The van der Waals surface area contributed by atoms with Crippen molar-refractivity contribution in [3.8, 4) is 11.5 Å². The van der Waals surface area contributed by atoms with Gasteiger partial charge >= 0.3 is 5.97 Å². The molecular weight excluding hydrogens is 300 g/mol. The molecule has 2 aromatic carbocycles. The lowest BCUT2D eigenvalue weighted by Gasteiger charge is -2.14. The highest BCUT2D eigenvalue weighted by Gasteiger charge is 2.12. The third-order valence-electron chi connectivity index (χ3n) is 3.35. The topological polar surface area (TPSA) is 35.5 Å². The van der Waals surface area contributed by atoms with Crippen molar-refractivity contribution in [2.45, 2.75) is 33.8 Å². The van der Waals surface area contributed by atoms with Crippen LogP contribution in [0, 0.1) is 6.92 Å². The van der Waals surface area contributed by atoms with Crippen LogP contribution in [0.5, 0.6) is 11.5 Å². The Hall–Kier alpha value is -2.00. The molecule has 4 heteroatoms. The van der Waals surface area contributed by atoms with Crippen molar-refractivity contribution in [2.75, 3.05) is 0 Å². The van der Waals surface area contributed by atoms with E-state index in [0.29, 0.717) is 16.3 Å². The van der Waals surface area contributed by atoms with Crippen LogP contribution in [0.3, 0.4) is 0 Å². The molecule has 0 aliphatic carbocycles. The standard InChI is InChI=1S/C18H19ClO3/c1-4-14-8-9-17(12(2)10-14)21-11-15-16(19)6-5-7-18(15)22-13(3)20/h5-10H,4,11H2,1-3H3. The number of esters is 1. The Morgan fingerprint density at radius 2 is 1.95 bits per heavy atom. The van der Waals surface area contributed by atoms with Crippen LogP contribution in [0.1, 0.15) is 30.5 Å². The van der Waals surface area contributed by atoms with Gasteiger partial charge in [-0.25, -0.2) is 0 Å². The maximum absolute atomic E-state index is 11.2. The fourth-order valence-corrected chi connectivity index (χ4v) is 2.39. The van der Waals surface area contributed by atoms with Gasteiger partial charge in [-0.15, -0.1) is 0 Å². The van der Waals surface area contributed by atoms with Crippen LogP contribution in [-0.2, 0) is 17.8 Å². The lowest BCUT2D eigenvalue weighted by atomic mass is 10.1. The van der Waals surface area contributed by atoms with Crippen LogP contribution in [-0.4, -0.2) is 5.97 Å². The molecule has 3 nitrogen and oxygen atoms in total. The van der Waals surface area contributed by atoms with Gasteiger partial charge in [-0.05, 0) is 42.7 Å². The number of ether oxygens (including phenoxy) is 2. The lowest BCUT2D eigenvalue weighted by Crippen LogP contribution is -2.06. The van der Waals surface area contributed by atoms with Crippen LogP contribution in [0.15, 0.2) is 36.4 Å². The van der Waals surface area contributed by atoms with Gasteiger partial charge < -0.3 is 9.47 Å². The summed E-state index contributed by atoms with van der Waals surface area (Å²) < 4.78 is 11.0. The minimum Gasteiger partial charge on any atom is -0.488 e. The maximum Gasteiger partial charge on any atom is 0.308 e. The first-order chi connectivity index (χ1) is 10.5. The summed E-state index contributed by atoms with van der Waals surface area (Å²) in [7, 11) is 0. The van der Waals surface area contributed by atoms with Crippen molar-refractivity contribution in [1.29, 1.82) is 0 Å². The summed E-state index contributed by atoms with van der Waals surface area (Å²) in [6, 6.07) is 11.3. The zero-order valence-electron chi connectivity index (χ0n) is 13.0. The van der Waals surface area contributed by atoms with Crippen LogP contribution in [0.2, 0.25) is 5.02 Å². The van der Waals surface area contributed by atoms with Crippen molar-refractivity contribution in [3.63, 3.8) is 0 Å². The van der Waals surface area contributed by atoms with Gasteiger partial charge in [0.05, 0.1) is 10.6 Å². The Morgan fingerprint density at radius 3 is 2.59 bits per heavy atom. The van der Waals surface area contributed by atoms with Crippen molar-refractivity contribution >= 4 is 17.6 Å². The highest BCUT2D eigenvalue weighted by Crippen LogP contribution is 2.29. The van der Waals surface area contributed by atoms with Gasteiger partial charge in [-0.3, -0.25) is 4.79 Å². The van der Waals surface area contributed by atoms with Crippen LogP contribution in [0.4, 0.5) is 0 Å². The fourth-order valence-electron chi connectivity index (χ4n) is 2.17. The smallest absolute Gasteiger partial charge is 0.308 e. The summed E-state index contributed by atoms with van der Waals surface area (Å²) in [6.07, 6.45) is 0.988.